The van der Waals surface area contributed by atoms with Crippen LogP contribution in [0.2, 0.25) is 0 Å². The molecule has 0 aliphatic carbocycles. The fraction of sp³-hybridized carbons (Fsp3) is 0.333. The third kappa shape index (κ3) is 7.55. The topological polar surface area (TPSA) is 84.9 Å². The summed E-state index contributed by atoms with van der Waals surface area (Å²) in [6.07, 6.45) is 1.32. The molecular weight excluding hydrogens is 410 g/mol. The molecule has 0 saturated carbocycles. The number of rotatable bonds is 9. The number of thioether (sulfide) groups is 1. The molecule has 0 aliphatic rings. The summed E-state index contributed by atoms with van der Waals surface area (Å²) < 4.78 is 10.8. The minimum absolute atomic E-state index is 0.0179. The molecule has 6 nitrogen and oxygen atoms in total. The lowest BCUT2D eigenvalue weighted by molar-refractivity contribution is -0.141. The van der Waals surface area contributed by atoms with Gasteiger partial charge in [-0.05, 0) is 54.6 Å². The minimum atomic E-state index is -0.584. The van der Waals surface area contributed by atoms with Crippen LogP contribution in [0, 0.1) is 5.92 Å². The number of thiol groups is 1. The third-order valence-corrected chi connectivity index (χ3v) is 5.28. The molecule has 0 spiro atoms. The highest BCUT2D eigenvalue weighted by molar-refractivity contribution is 7.98. The van der Waals surface area contributed by atoms with Crippen LogP contribution >= 0.6 is 24.4 Å². The van der Waals surface area contributed by atoms with Crippen LogP contribution in [0.5, 0.6) is 5.75 Å². The minimum Gasteiger partial charge on any atom is -0.508 e. The molecule has 0 radical (unpaired) electrons. The van der Waals surface area contributed by atoms with E-state index in [-0.39, 0.29) is 24.0 Å². The fourth-order valence-electron chi connectivity index (χ4n) is 2.67. The molecule has 0 aliphatic heterocycles. The quantitative estimate of drug-likeness (QED) is 0.295. The normalized spacial score (nSPS) is 12.7. The zero-order valence-electron chi connectivity index (χ0n) is 16.3. The Morgan fingerprint density at radius 3 is 2.38 bits per heavy atom. The third-order valence-electron chi connectivity index (χ3n) is 4.27. The van der Waals surface area contributed by atoms with Crippen LogP contribution in [0.15, 0.2) is 53.4 Å². The fourth-order valence-corrected chi connectivity index (χ4v) is 3.17. The molecule has 0 saturated heterocycles. The van der Waals surface area contributed by atoms with E-state index >= 15 is 0 Å². The van der Waals surface area contributed by atoms with Gasteiger partial charge in [-0.3, -0.25) is 10.1 Å². The van der Waals surface area contributed by atoms with Gasteiger partial charge in [0.1, 0.15) is 11.9 Å². The van der Waals surface area contributed by atoms with Crippen molar-refractivity contribution in [1.29, 1.82) is 0 Å². The predicted molar refractivity (Wildman–Crippen MR) is 118 cm³/mol. The standard InChI is InChI=1S/C21H25NO5S2/c1-14(11-12-26-19(24)13-28)20(15-3-7-17(23)8-4-15)27-21(25)22-16-5-9-18(29-2)10-6-16/h3-10,14,20,23,28H,11-13H2,1-2H3,(H,22,25)/t14-,20+/m0/s1. The van der Waals surface area contributed by atoms with Crippen molar-refractivity contribution in [1.82, 2.24) is 0 Å². The number of aromatic hydroxyl groups is 1. The van der Waals surface area contributed by atoms with Gasteiger partial charge in [-0.2, -0.15) is 12.6 Å². The maximum Gasteiger partial charge on any atom is 0.412 e. The first-order valence-corrected chi connectivity index (χ1v) is 11.0. The number of hydrogen-bond acceptors (Lipinski definition) is 7. The number of phenolic OH excluding ortho intramolecular Hbond substituents is 1. The molecule has 2 aromatic carbocycles. The van der Waals surface area contributed by atoms with Crippen molar-refractivity contribution < 1.29 is 24.2 Å². The van der Waals surface area contributed by atoms with Gasteiger partial charge >= 0.3 is 12.1 Å². The molecular formula is C21H25NO5S2. The van der Waals surface area contributed by atoms with Crippen molar-refractivity contribution in [3.8, 4) is 5.75 Å². The van der Waals surface area contributed by atoms with E-state index in [1.165, 1.54) is 0 Å². The maximum atomic E-state index is 12.5. The van der Waals surface area contributed by atoms with Crippen molar-refractivity contribution in [2.45, 2.75) is 24.3 Å². The monoisotopic (exact) mass is 435 g/mol. The van der Waals surface area contributed by atoms with Gasteiger partial charge in [0.05, 0.1) is 12.4 Å². The summed E-state index contributed by atoms with van der Waals surface area (Å²) in [6.45, 7) is 2.11. The predicted octanol–water partition coefficient (Wildman–Crippen LogP) is 4.90. The largest absolute Gasteiger partial charge is 0.508 e. The van der Waals surface area contributed by atoms with Gasteiger partial charge in [-0.15, -0.1) is 11.8 Å². The van der Waals surface area contributed by atoms with Crippen LogP contribution in [0.25, 0.3) is 0 Å². The van der Waals surface area contributed by atoms with Crippen molar-refractivity contribution in [2.24, 2.45) is 5.92 Å². The summed E-state index contributed by atoms with van der Waals surface area (Å²) in [5.74, 6) is -0.378. The van der Waals surface area contributed by atoms with Gasteiger partial charge in [0.2, 0.25) is 0 Å². The molecule has 156 valence electrons. The number of phenols is 1. The number of amides is 1. The van der Waals surface area contributed by atoms with E-state index in [1.54, 1.807) is 36.0 Å². The van der Waals surface area contributed by atoms with E-state index in [9.17, 15) is 14.7 Å². The van der Waals surface area contributed by atoms with E-state index in [4.69, 9.17) is 9.47 Å². The smallest absolute Gasteiger partial charge is 0.412 e. The van der Waals surface area contributed by atoms with Crippen LogP contribution in [0.4, 0.5) is 10.5 Å². The summed E-state index contributed by atoms with van der Waals surface area (Å²) in [4.78, 5) is 24.8. The van der Waals surface area contributed by atoms with Crippen LogP contribution < -0.4 is 5.32 Å². The van der Waals surface area contributed by atoms with Gasteiger partial charge in [-0.1, -0.05) is 19.1 Å². The van der Waals surface area contributed by atoms with Crippen molar-refractivity contribution >= 4 is 42.1 Å². The van der Waals surface area contributed by atoms with E-state index < -0.39 is 18.2 Å². The summed E-state index contributed by atoms with van der Waals surface area (Å²) >= 11 is 5.49. The maximum absolute atomic E-state index is 12.5. The lowest BCUT2D eigenvalue weighted by Gasteiger charge is -2.25. The van der Waals surface area contributed by atoms with Gasteiger partial charge in [0.25, 0.3) is 0 Å². The molecule has 0 unspecified atom stereocenters. The average molecular weight is 436 g/mol. The molecule has 1 amide bonds. The van der Waals surface area contributed by atoms with Crippen LogP contribution in [-0.2, 0) is 14.3 Å². The lowest BCUT2D eigenvalue weighted by atomic mass is 9.94. The first kappa shape index (κ1) is 23.0. The first-order valence-electron chi connectivity index (χ1n) is 9.10. The Hall–Kier alpha value is -2.32. The molecule has 8 heteroatoms. The molecule has 2 aromatic rings. The Morgan fingerprint density at radius 1 is 1.14 bits per heavy atom. The van der Waals surface area contributed by atoms with Crippen LogP contribution in [0.3, 0.4) is 0 Å². The summed E-state index contributed by atoms with van der Waals surface area (Å²) in [6, 6.07) is 13.9. The highest BCUT2D eigenvalue weighted by Crippen LogP contribution is 2.30. The number of ether oxygens (including phenoxy) is 2. The van der Waals surface area contributed by atoms with Gasteiger partial charge < -0.3 is 14.6 Å². The molecule has 2 N–H and O–H groups in total. The van der Waals surface area contributed by atoms with Crippen molar-refractivity contribution in [2.75, 3.05) is 23.9 Å². The second kappa shape index (κ2) is 11.6. The number of anilines is 1. The van der Waals surface area contributed by atoms with E-state index in [2.05, 4.69) is 17.9 Å². The Kier molecular flexibility index (Phi) is 9.21. The number of carbonyl (C=O) groups is 2. The zero-order valence-corrected chi connectivity index (χ0v) is 18.0. The Balaban J connectivity index is 2.06. The van der Waals surface area contributed by atoms with Gasteiger partial charge in [0.15, 0.2) is 0 Å². The average Bonchev–Trinajstić information content (AvgIpc) is 2.73. The number of hydrogen-bond donors (Lipinski definition) is 3. The van der Waals surface area contributed by atoms with Gasteiger partial charge in [-0.25, -0.2) is 4.79 Å². The number of nitrogens with one attached hydrogen (secondary N) is 1. The SMILES string of the molecule is CSc1ccc(NC(=O)O[C@@H](c2ccc(O)cc2)[C@@H](C)CCOC(=O)CS)cc1. The van der Waals surface area contributed by atoms with E-state index in [1.807, 2.05) is 37.4 Å². The summed E-state index contributed by atoms with van der Waals surface area (Å²) in [5, 5.41) is 12.3. The lowest BCUT2D eigenvalue weighted by Crippen LogP contribution is -2.23. The Bertz CT molecular complexity index is 796. The van der Waals surface area contributed by atoms with E-state index in [0.717, 1.165) is 10.5 Å². The van der Waals surface area contributed by atoms with Crippen LogP contribution in [0.1, 0.15) is 25.0 Å². The molecule has 0 bridgehead atoms. The van der Waals surface area contributed by atoms with Crippen molar-refractivity contribution in [3.05, 3.63) is 54.1 Å². The Labute approximate surface area is 180 Å². The van der Waals surface area contributed by atoms with Gasteiger partial charge in [0, 0.05) is 16.5 Å². The van der Waals surface area contributed by atoms with E-state index in [0.29, 0.717) is 12.1 Å². The Morgan fingerprint density at radius 2 is 1.79 bits per heavy atom. The number of benzene rings is 2. The second-order valence-electron chi connectivity index (χ2n) is 6.42. The first-order chi connectivity index (χ1) is 13.9. The van der Waals surface area contributed by atoms with Crippen molar-refractivity contribution in [3.63, 3.8) is 0 Å². The molecule has 0 aromatic heterocycles. The van der Waals surface area contributed by atoms with Crippen LogP contribution in [-0.4, -0.2) is 35.8 Å². The summed E-state index contributed by atoms with van der Waals surface area (Å²) in [5.41, 5.74) is 1.37. The zero-order chi connectivity index (χ0) is 21.2. The molecule has 0 heterocycles. The molecule has 2 rings (SSSR count). The number of carbonyl (C=O) groups excluding carboxylic acids is 2. The highest BCUT2D eigenvalue weighted by Gasteiger charge is 2.24. The number of esters is 1. The molecule has 29 heavy (non-hydrogen) atoms. The summed E-state index contributed by atoms with van der Waals surface area (Å²) in [7, 11) is 0. The molecule has 0 fully saturated rings. The highest BCUT2D eigenvalue weighted by atomic mass is 32.2. The molecule has 2 atom stereocenters. The second-order valence-corrected chi connectivity index (χ2v) is 7.61.